The van der Waals surface area contributed by atoms with Gasteiger partial charge in [-0.05, 0) is 26.8 Å². The van der Waals surface area contributed by atoms with Crippen LogP contribution in [0.1, 0.15) is 39.3 Å². The summed E-state index contributed by atoms with van der Waals surface area (Å²) in [5, 5.41) is 0. The lowest BCUT2D eigenvalue weighted by Crippen LogP contribution is -2.38. The van der Waals surface area contributed by atoms with Crippen molar-refractivity contribution in [1.29, 1.82) is 0 Å². The largest absolute Gasteiger partial charge is 0.493 e. The van der Waals surface area contributed by atoms with Crippen molar-refractivity contribution in [2.75, 3.05) is 6.61 Å². The van der Waals surface area contributed by atoms with Crippen LogP contribution in [-0.2, 0) is 4.84 Å². The molecule has 2 atom stereocenters. The van der Waals surface area contributed by atoms with Crippen molar-refractivity contribution in [2.45, 2.75) is 39.3 Å². The van der Waals surface area contributed by atoms with Gasteiger partial charge in [0.05, 0.1) is 18.2 Å². The topological polar surface area (TPSA) is 30.5 Å². The first kappa shape index (κ1) is 12.4. The lowest BCUT2D eigenvalue weighted by molar-refractivity contribution is -0.101. The summed E-state index contributed by atoms with van der Waals surface area (Å²) in [6, 6.07) is 8.32. The van der Waals surface area contributed by atoms with E-state index in [1.165, 1.54) is 5.56 Å². The predicted octanol–water partition coefficient (Wildman–Crippen LogP) is 3.08. The molecule has 0 spiro atoms. The third-order valence-corrected chi connectivity index (χ3v) is 2.82. The molecule has 3 heteroatoms. The number of hydroxylamine groups is 1. The maximum absolute atomic E-state index is 5.70. The van der Waals surface area contributed by atoms with E-state index in [2.05, 4.69) is 18.5 Å². The summed E-state index contributed by atoms with van der Waals surface area (Å²) >= 11 is 0. The Morgan fingerprint density at radius 2 is 2.00 bits per heavy atom. The first-order valence-corrected chi connectivity index (χ1v) is 6.12. The van der Waals surface area contributed by atoms with E-state index in [0.29, 0.717) is 5.92 Å². The Morgan fingerprint density at radius 1 is 1.29 bits per heavy atom. The van der Waals surface area contributed by atoms with E-state index >= 15 is 0 Å². The van der Waals surface area contributed by atoms with Crippen molar-refractivity contribution in [2.24, 2.45) is 5.92 Å². The molecular weight excluding hydrogens is 214 g/mol. The van der Waals surface area contributed by atoms with E-state index in [4.69, 9.17) is 9.57 Å². The molecule has 94 valence electrons. The smallest absolute Gasteiger partial charge is 0.124 e. The van der Waals surface area contributed by atoms with Crippen LogP contribution < -0.4 is 10.2 Å². The SMILES string of the molecule is CC1COc2ccccc2C1NOC(C)(C)C. The molecule has 3 nitrogen and oxygen atoms in total. The standard InChI is InChI=1S/C14H21NO2/c1-10-9-16-12-8-6-5-7-11(12)13(10)15-17-14(2,3)4/h5-8,10,13,15H,9H2,1-4H3. The van der Waals surface area contributed by atoms with E-state index in [1.807, 2.05) is 39.0 Å². The maximum atomic E-state index is 5.70. The molecule has 17 heavy (non-hydrogen) atoms. The van der Waals surface area contributed by atoms with Crippen molar-refractivity contribution < 1.29 is 9.57 Å². The number of benzene rings is 1. The molecule has 2 unspecified atom stereocenters. The van der Waals surface area contributed by atoms with Gasteiger partial charge in [0.15, 0.2) is 0 Å². The van der Waals surface area contributed by atoms with Crippen LogP contribution in [0.5, 0.6) is 5.75 Å². The highest BCUT2D eigenvalue weighted by atomic mass is 16.7. The lowest BCUT2D eigenvalue weighted by Gasteiger charge is -2.33. The van der Waals surface area contributed by atoms with E-state index in [9.17, 15) is 0 Å². The Kier molecular flexibility index (Phi) is 3.40. The zero-order valence-electron chi connectivity index (χ0n) is 11.0. The normalized spacial score (nSPS) is 24.0. The van der Waals surface area contributed by atoms with Gasteiger partial charge in [-0.2, -0.15) is 5.48 Å². The van der Waals surface area contributed by atoms with Crippen molar-refractivity contribution in [3.63, 3.8) is 0 Å². The Hall–Kier alpha value is -1.06. The van der Waals surface area contributed by atoms with Crippen molar-refractivity contribution >= 4 is 0 Å². The predicted molar refractivity (Wildman–Crippen MR) is 67.8 cm³/mol. The summed E-state index contributed by atoms with van der Waals surface area (Å²) in [6.07, 6.45) is 0. The highest BCUT2D eigenvalue weighted by Crippen LogP contribution is 2.35. The molecule has 1 aromatic carbocycles. The first-order chi connectivity index (χ1) is 7.97. The fourth-order valence-corrected chi connectivity index (χ4v) is 1.91. The average Bonchev–Trinajstić information content (AvgIpc) is 2.26. The number of fused-ring (bicyclic) bond motifs is 1. The zero-order chi connectivity index (χ0) is 12.5. The lowest BCUT2D eigenvalue weighted by atomic mass is 9.93. The molecule has 2 rings (SSSR count). The maximum Gasteiger partial charge on any atom is 0.124 e. The van der Waals surface area contributed by atoms with Crippen LogP contribution in [0.2, 0.25) is 0 Å². The van der Waals surface area contributed by atoms with Crippen molar-refractivity contribution in [1.82, 2.24) is 5.48 Å². The highest BCUT2D eigenvalue weighted by Gasteiger charge is 2.28. The number of rotatable bonds is 2. The fraction of sp³-hybridized carbons (Fsp3) is 0.571. The second kappa shape index (κ2) is 4.67. The second-order valence-electron chi connectivity index (χ2n) is 5.64. The van der Waals surface area contributed by atoms with Gasteiger partial charge in [-0.3, -0.25) is 4.84 Å². The second-order valence-corrected chi connectivity index (χ2v) is 5.64. The minimum Gasteiger partial charge on any atom is -0.493 e. The molecule has 1 aliphatic heterocycles. The fourth-order valence-electron chi connectivity index (χ4n) is 1.91. The van der Waals surface area contributed by atoms with Crippen LogP contribution >= 0.6 is 0 Å². The number of hydrogen-bond acceptors (Lipinski definition) is 3. The van der Waals surface area contributed by atoms with E-state index in [-0.39, 0.29) is 11.6 Å². The summed E-state index contributed by atoms with van der Waals surface area (Å²) in [5.41, 5.74) is 4.18. The monoisotopic (exact) mass is 235 g/mol. The average molecular weight is 235 g/mol. The minimum absolute atomic E-state index is 0.188. The molecule has 0 amide bonds. The van der Waals surface area contributed by atoms with E-state index in [0.717, 1.165) is 12.4 Å². The third kappa shape index (κ3) is 2.99. The molecule has 0 radical (unpaired) electrons. The van der Waals surface area contributed by atoms with Crippen LogP contribution in [0.4, 0.5) is 0 Å². The van der Waals surface area contributed by atoms with Crippen LogP contribution in [0, 0.1) is 5.92 Å². The summed E-state index contributed by atoms with van der Waals surface area (Å²) in [6.45, 7) is 9.00. The Labute approximate surface area is 103 Å². The number of ether oxygens (including phenoxy) is 1. The molecule has 0 bridgehead atoms. The van der Waals surface area contributed by atoms with E-state index < -0.39 is 0 Å². The Morgan fingerprint density at radius 3 is 2.71 bits per heavy atom. The van der Waals surface area contributed by atoms with Gasteiger partial charge in [0, 0.05) is 11.5 Å². The van der Waals surface area contributed by atoms with Crippen LogP contribution in [0.25, 0.3) is 0 Å². The van der Waals surface area contributed by atoms with E-state index in [1.54, 1.807) is 0 Å². The molecule has 1 aliphatic rings. The van der Waals surface area contributed by atoms with Gasteiger partial charge >= 0.3 is 0 Å². The van der Waals surface area contributed by atoms with Gasteiger partial charge in [-0.25, -0.2) is 0 Å². The van der Waals surface area contributed by atoms with Gasteiger partial charge in [-0.15, -0.1) is 0 Å². The number of hydrogen-bond donors (Lipinski definition) is 1. The summed E-state index contributed by atoms with van der Waals surface area (Å²) in [7, 11) is 0. The van der Waals surface area contributed by atoms with Crippen molar-refractivity contribution in [3.8, 4) is 5.75 Å². The molecule has 1 heterocycles. The molecule has 0 aliphatic carbocycles. The number of para-hydroxylation sites is 1. The van der Waals surface area contributed by atoms with Gasteiger partial charge < -0.3 is 4.74 Å². The zero-order valence-corrected chi connectivity index (χ0v) is 11.0. The van der Waals surface area contributed by atoms with Gasteiger partial charge in [-0.1, -0.05) is 25.1 Å². The molecule has 0 aromatic heterocycles. The quantitative estimate of drug-likeness (QED) is 0.799. The van der Waals surface area contributed by atoms with Gasteiger partial charge in [0.1, 0.15) is 5.75 Å². The summed E-state index contributed by atoms with van der Waals surface area (Å²) < 4.78 is 5.70. The van der Waals surface area contributed by atoms with Crippen LogP contribution in [0.15, 0.2) is 24.3 Å². The molecule has 0 saturated heterocycles. The van der Waals surface area contributed by atoms with Crippen molar-refractivity contribution in [3.05, 3.63) is 29.8 Å². The number of nitrogens with one attached hydrogen (secondary N) is 1. The highest BCUT2D eigenvalue weighted by molar-refractivity contribution is 5.37. The third-order valence-electron chi connectivity index (χ3n) is 2.82. The molecule has 1 aromatic rings. The molecule has 1 N–H and O–H groups in total. The van der Waals surface area contributed by atoms with Crippen LogP contribution in [0.3, 0.4) is 0 Å². The first-order valence-electron chi connectivity index (χ1n) is 6.12. The van der Waals surface area contributed by atoms with Crippen LogP contribution in [-0.4, -0.2) is 12.2 Å². The van der Waals surface area contributed by atoms with Gasteiger partial charge in [0.2, 0.25) is 0 Å². The summed E-state index contributed by atoms with van der Waals surface area (Å²) in [4.78, 5) is 5.69. The summed E-state index contributed by atoms with van der Waals surface area (Å²) in [5.74, 6) is 1.35. The molecule has 0 saturated carbocycles. The molecule has 0 fully saturated rings. The minimum atomic E-state index is -0.188. The Balaban J connectivity index is 2.15. The van der Waals surface area contributed by atoms with Gasteiger partial charge in [0.25, 0.3) is 0 Å². The molecular formula is C14H21NO2. The Bertz CT molecular complexity index is 384.